The first-order valence-corrected chi connectivity index (χ1v) is 22.3. The predicted molar refractivity (Wildman–Crippen MR) is 252 cm³/mol. The van der Waals surface area contributed by atoms with Crippen molar-refractivity contribution in [1.82, 2.24) is 0 Å². The summed E-state index contributed by atoms with van der Waals surface area (Å²) < 4.78 is 6.57. The van der Waals surface area contributed by atoms with E-state index in [9.17, 15) is 0 Å². The summed E-state index contributed by atoms with van der Waals surface area (Å²) in [7, 11) is -1.10. The van der Waals surface area contributed by atoms with E-state index in [1.807, 2.05) is 0 Å². The highest BCUT2D eigenvalue weighted by Crippen LogP contribution is 2.46. The minimum atomic E-state index is -1.10. The van der Waals surface area contributed by atoms with Crippen molar-refractivity contribution in [2.45, 2.75) is 125 Å². The van der Waals surface area contributed by atoms with E-state index in [1.165, 1.54) is 70.8 Å². The van der Waals surface area contributed by atoms with Crippen LogP contribution in [0.5, 0.6) is 0 Å². The lowest BCUT2D eigenvalue weighted by molar-refractivity contribution is 0.292. The van der Waals surface area contributed by atoms with Crippen LogP contribution in [0.1, 0.15) is 125 Å². The summed E-state index contributed by atoms with van der Waals surface area (Å²) in [6, 6.07) is 42.4. The van der Waals surface area contributed by atoms with Crippen molar-refractivity contribution in [3.8, 4) is 11.1 Å². The topological polar surface area (TPSA) is 21.6 Å². The van der Waals surface area contributed by atoms with Crippen LogP contribution in [-0.2, 0) is 26.4 Å². The Morgan fingerprint density at radius 2 is 0.947 bits per heavy atom. The van der Waals surface area contributed by atoms with Gasteiger partial charge in [0.2, 0.25) is 5.90 Å². The maximum Gasteiger partial charge on any atom is 0.217 e. The zero-order valence-electron chi connectivity index (χ0n) is 37.1. The highest BCUT2D eigenvalue weighted by atomic mass is 31.1. The summed E-state index contributed by atoms with van der Waals surface area (Å²) in [5.41, 5.74) is 8.96. The molecule has 1 heterocycles. The lowest BCUT2D eigenvalue weighted by Gasteiger charge is -2.32. The van der Waals surface area contributed by atoms with E-state index in [1.54, 1.807) is 0 Å². The van der Waals surface area contributed by atoms with Crippen molar-refractivity contribution in [3.63, 3.8) is 0 Å². The molecule has 57 heavy (non-hydrogen) atoms. The van der Waals surface area contributed by atoms with Gasteiger partial charge in [-0.3, -0.25) is 0 Å². The van der Waals surface area contributed by atoms with Crippen LogP contribution in [0.15, 0.2) is 114 Å². The van der Waals surface area contributed by atoms with Gasteiger partial charge in [0.25, 0.3) is 0 Å². The number of hydrogen-bond donors (Lipinski definition) is 0. The lowest BCUT2D eigenvalue weighted by atomic mass is 9.81. The quantitative estimate of drug-likeness (QED) is 0.155. The van der Waals surface area contributed by atoms with E-state index in [0.717, 1.165) is 11.5 Å². The van der Waals surface area contributed by atoms with Crippen LogP contribution in [0.4, 0.5) is 0 Å². The molecule has 296 valence electrons. The lowest BCUT2D eigenvalue weighted by Crippen LogP contribution is -2.29. The molecule has 1 aliphatic heterocycles. The third kappa shape index (κ3) is 8.23. The Labute approximate surface area is 344 Å². The normalized spacial score (nSPS) is 15.5. The molecule has 0 saturated heterocycles. The molecule has 0 fully saturated rings. The monoisotopic (exact) mass is 773 g/mol. The molecule has 6 aromatic carbocycles. The zero-order valence-corrected chi connectivity index (χ0v) is 38.0. The number of hydrogen-bond acceptors (Lipinski definition) is 2. The van der Waals surface area contributed by atoms with Crippen LogP contribution in [0, 0.1) is 5.92 Å². The SMILES string of the molecule is CC(C)[C@H]1COC(c2ccc3ccccc3c2-c2c(P(c3cc(C(C)(C)C)cc(C(C)(C)C)c3)c3cc(C(C)(C)C)cc(C(C)(C)C)c3)ccc3ccccc23)=N1. The number of aliphatic imine (C=N–C) groups is 1. The Morgan fingerprint density at radius 1 is 0.526 bits per heavy atom. The van der Waals surface area contributed by atoms with E-state index in [0.29, 0.717) is 12.5 Å². The second kappa shape index (κ2) is 14.8. The third-order valence-electron chi connectivity index (χ3n) is 11.8. The van der Waals surface area contributed by atoms with Crippen molar-refractivity contribution in [2.75, 3.05) is 6.61 Å². The van der Waals surface area contributed by atoms with E-state index in [2.05, 4.69) is 206 Å². The summed E-state index contributed by atoms with van der Waals surface area (Å²) in [6.45, 7) is 33.4. The Kier molecular flexibility index (Phi) is 10.7. The molecule has 0 unspecified atom stereocenters. The van der Waals surface area contributed by atoms with Gasteiger partial charge in [-0.2, -0.15) is 0 Å². The molecule has 0 aliphatic carbocycles. The third-order valence-corrected chi connectivity index (χ3v) is 14.2. The maximum absolute atomic E-state index is 6.57. The number of fused-ring (bicyclic) bond motifs is 2. The number of ether oxygens (including phenoxy) is 1. The standard InChI is InChI=1S/C54H64NOP/c1-34(2)46-33-56-50(55-46)45-25-23-35-19-15-17-21-43(35)48(45)49-44-22-18-16-20-36(44)24-26-47(49)57(41-29-37(51(3,4)5)27-38(30-41)52(6,7)8)42-31-39(53(9,10)11)28-40(32-42)54(12,13)14/h15-32,34,46H,33H2,1-14H3/t46-/m1/s1. The minimum absolute atomic E-state index is 0.0270. The average molecular weight is 774 g/mol. The second-order valence-corrected chi connectivity index (χ2v) is 23.0. The van der Waals surface area contributed by atoms with Gasteiger partial charge in [0, 0.05) is 11.1 Å². The van der Waals surface area contributed by atoms with Crippen molar-refractivity contribution in [1.29, 1.82) is 0 Å². The van der Waals surface area contributed by atoms with E-state index in [4.69, 9.17) is 9.73 Å². The van der Waals surface area contributed by atoms with Crippen molar-refractivity contribution in [3.05, 3.63) is 137 Å². The fourth-order valence-corrected chi connectivity index (χ4v) is 10.6. The molecule has 1 aliphatic rings. The Bertz CT molecular complexity index is 2350. The Hall–Kier alpha value is -4.26. The van der Waals surface area contributed by atoms with Gasteiger partial charge < -0.3 is 4.74 Å². The van der Waals surface area contributed by atoms with Crippen molar-refractivity contribution >= 4 is 51.3 Å². The molecule has 2 nitrogen and oxygen atoms in total. The largest absolute Gasteiger partial charge is 0.475 e. The molecule has 0 spiro atoms. The smallest absolute Gasteiger partial charge is 0.217 e. The van der Waals surface area contributed by atoms with Crippen molar-refractivity contribution in [2.24, 2.45) is 10.9 Å². The molecule has 0 N–H and O–H groups in total. The molecule has 0 aromatic heterocycles. The summed E-state index contributed by atoms with van der Waals surface area (Å²) in [6.07, 6.45) is 0. The number of rotatable bonds is 6. The minimum Gasteiger partial charge on any atom is -0.475 e. The highest BCUT2D eigenvalue weighted by Gasteiger charge is 2.32. The van der Waals surface area contributed by atoms with Gasteiger partial charge in [-0.25, -0.2) is 4.99 Å². The van der Waals surface area contributed by atoms with Crippen molar-refractivity contribution < 1.29 is 4.74 Å². The summed E-state index contributed by atoms with van der Waals surface area (Å²) in [4.78, 5) is 5.28. The highest BCUT2D eigenvalue weighted by molar-refractivity contribution is 7.80. The molecule has 0 amide bonds. The molecule has 3 heteroatoms. The molecule has 0 radical (unpaired) electrons. The van der Waals surface area contributed by atoms with E-state index >= 15 is 0 Å². The fourth-order valence-electron chi connectivity index (χ4n) is 7.95. The molecule has 1 atom stereocenters. The first-order valence-electron chi connectivity index (χ1n) is 21.0. The molecule has 6 aromatic rings. The van der Waals surface area contributed by atoms with Crippen LogP contribution >= 0.6 is 7.92 Å². The average Bonchev–Trinajstić information content (AvgIpc) is 3.64. The summed E-state index contributed by atoms with van der Waals surface area (Å²) >= 11 is 0. The van der Waals surface area contributed by atoms with E-state index < -0.39 is 7.92 Å². The Balaban J connectivity index is 1.68. The molecule has 0 bridgehead atoms. The van der Waals surface area contributed by atoms with Crippen LogP contribution in [0.2, 0.25) is 0 Å². The first-order chi connectivity index (χ1) is 26.6. The summed E-state index contributed by atoms with van der Waals surface area (Å²) in [5, 5.41) is 9.06. The second-order valence-electron chi connectivity index (χ2n) is 20.8. The van der Waals surface area contributed by atoms with Gasteiger partial charge in [0.05, 0.1) is 6.04 Å². The molecule has 0 saturated carbocycles. The van der Waals surface area contributed by atoms with Gasteiger partial charge in [-0.15, -0.1) is 0 Å². The van der Waals surface area contributed by atoms with Gasteiger partial charge in [0.15, 0.2) is 0 Å². The number of nitrogens with zero attached hydrogens (tertiary/aromatic N) is 1. The zero-order chi connectivity index (χ0) is 41.2. The molecular formula is C54H64NOP. The van der Waals surface area contributed by atoms with Gasteiger partial charge in [-0.05, 0) is 107 Å². The van der Waals surface area contributed by atoms with Crippen LogP contribution in [-0.4, -0.2) is 18.5 Å². The van der Waals surface area contributed by atoms with E-state index in [-0.39, 0.29) is 27.7 Å². The van der Waals surface area contributed by atoms with Crippen LogP contribution < -0.4 is 15.9 Å². The molecular weight excluding hydrogens is 710 g/mol. The maximum atomic E-state index is 6.57. The Morgan fingerprint density at radius 3 is 1.37 bits per heavy atom. The van der Waals surface area contributed by atoms with Gasteiger partial charge >= 0.3 is 0 Å². The number of benzene rings is 6. The molecule has 7 rings (SSSR count). The van der Waals surface area contributed by atoms with Gasteiger partial charge in [-0.1, -0.05) is 200 Å². The van der Waals surface area contributed by atoms with Gasteiger partial charge in [0.1, 0.15) is 6.61 Å². The van der Waals surface area contributed by atoms with Crippen LogP contribution in [0.3, 0.4) is 0 Å². The predicted octanol–water partition coefficient (Wildman–Crippen LogP) is 13.4. The first kappa shape index (κ1) is 40.9. The fraction of sp³-hybridized carbons (Fsp3) is 0.389. The summed E-state index contributed by atoms with van der Waals surface area (Å²) in [5.74, 6) is 1.15. The van der Waals surface area contributed by atoms with Crippen LogP contribution in [0.25, 0.3) is 32.7 Å².